The van der Waals surface area contributed by atoms with Crippen molar-refractivity contribution in [2.45, 2.75) is 46.8 Å². The van der Waals surface area contributed by atoms with Crippen molar-refractivity contribution in [2.24, 2.45) is 5.92 Å². The van der Waals surface area contributed by atoms with Crippen LogP contribution in [0, 0.1) is 12.8 Å². The molecule has 1 aliphatic rings. The number of aliphatic hydroxyl groups excluding tert-OH is 1. The van der Waals surface area contributed by atoms with E-state index in [-0.39, 0.29) is 23.0 Å². The highest BCUT2D eigenvalue weighted by Crippen LogP contribution is 2.42. The molecular formula is C31H32N2O6. The van der Waals surface area contributed by atoms with Gasteiger partial charge in [-0.15, -0.1) is 0 Å². The lowest BCUT2D eigenvalue weighted by atomic mass is 9.97. The number of pyridine rings is 1. The van der Waals surface area contributed by atoms with Gasteiger partial charge in [0.05, 0.1) is 29.5 Å². The molecule has 1 aromatic heterocycles. The Labute approximate surface area is 227 Å². The molecule has 202 valence electrons. The first-order valence-electron chi connectivity index (χ1n) is 12.8. The Morgan fingerprint density at radius 3 is 2.41 bits per heavy atom. The lowest BCUT2D eigenvalue weighted by molar-refractivity contribution is -0.132. The van der Waals surface area contributed by atoms with Crippen LogP contribution in [0.1, 0.15) is 60.9 Å². The number of rotatable bonds is 8. The first-order chi connectivity index (χ1) is 18.6. The number of esters is 1. The highest BCUT2D eigenvalue weighted by atomic mass is 16.5. The van der Waals surface area contributed by atoms with Gasteiger partial charge in [0.15, 0.2) is 0 Å². The van der Waals surface area contributed by atoms with Crippen LogP contribution >= 0.6 is 0 Å². The van der Waals surface area contributed by atoms with Gasteiger partial charge in [-0.3, -0.25) is 19.5 Å². The van der Waals surface area contributed by atoms with E-state index in [1.165, 1.54) is 11.0 Å². The summed E-state index contributed by atoms with van der Waals surface area (Å²) in [6, 6.07) is 15.5. The Hall–Kier alpha value is -4.46. The number of carbonyl (C=O) groups is 3. The number of anilines is 1. The quantitative estimate of drug-likeness (QED) is 0.175. The fraction of sp³-hybridized carbons (Fsp3) is 0.290. The van der Waals surface area contributed by atoms with Crippen molar-refractivity contribution in [2.75, 3.05) is 11.5 Å². The molecule has 1 amide bonds. The molecule has 0 saturated carbocycles. The Kier molecular flexibility index (Phi) is 8.14. The third-order valence-corrected chi connectivity index (χ3v) is 6.14. The summed E-state index contributed by atoms with van der Waals surface area (Å²) in [4.78, 5) is 45.1. The maximum atomic E-state index is 13.4. The molecule has 4 rings (SSSR count). The predicted octanol–water partition coefficient (Wildman–Crippen LogP) is 5.62. The number of amides is 1. The molecule has 8 nitrogen and oxygen atoms in total. The summed E-state index contributed by atoms with van der Waals surface area (Å²) in [6.07, 6.45) is 1.23. The molecule has 1 aliphatic heterocycles. The molecule has 0 aliphatic carbocycles. The third kappa shape index (κ3) is 5.85. The van der Waals surface area contributed by atoms with E-state index in [2.05, 4.69) is 18.8 Å². The van der Waals surface area contributed by atoms with Crippen LogP contribution in [0.15, 0.2) is 72.4 Å². The molecular weight excluding hydrogens is 496 g/mol. The maximum Gasteiger partial charge on any atom is 0.338 e. The molecule has 39 heavy (non-hydrogen) atoms. The number of Topliss-reactive ketones (excluding diaryl/α,β-unsaturated/α-hetero) is 1. The van der Waals surface area contributed by atoms with Crippen LogP contribution in [0.2, 0.25) is 0 Å². The van der Waals surface area contributed by atoms with Gasteiger partial charge in [0.1, 0.15) is 17.6 Å². The van der Waals surface area contributed by atoms with Gasteiger partial charge in [-0.1, -0.05) is 26.0 Å². The van der Waals surface area contributed by atoms with Gasteiger partial charge < -0.3 is 14.6 Å². The molecule has 2 aromatic carbocycles. The molecule has 1 unspecified atom stereocenters. The second-order valence-electron chi connectivity index (χ2n) is 10.1. The van der Waals surface area contributed by atoms with Crippen LogP contribution < -0.4 is 9.64 Å². The van der Waals surface area contributed by atoms with Crippen molar-refractivity contribution >= 4 is 29.1 Å². The molecule has 1 saturated heterocycles. The van der Waals surface area contributed by atoms with E-state index in [0.29, 0.717) is 35.2 Å². The van der Waals surface area contributed by atoms with Crippen molar-refractivity contribution in [1.82, 2.24) is 4.98 Å². The van der Waals surface area contributed by atoms with Crippen molar-refractivity contribution in [3.8, 4) is 5.75 Å². The Morgan fingerprint density at radius 1 is 1.00 bits per heavy atom. The molecule has 1 N–H and O–H groups in total. The van der Waals surface area contributed by atoms with Crippen molar-refractivity contribution in [3.05, 3.63) is 94.8 Å². The van der Waals surface area contributed by atoms with Gasteiger partial charge in [-0.25, -0.2) is 4.79 Å². The van der Waals surface area contributed by atoms with Crippen LogP contribution in [0.4, 0.5) is 5.69 Å². The summed E-state index contributed by atoms with van der Waals surface area (Å²) in [6.45, 7) is 9.98. The Morgan fingerprint density at radius 2 is 1.77 bits per heavy atom. The van der Waals surface area contributed by atoms with E-state index < -0.39 is 23.7 Å². The number of aryl methyl sites for hydroxylation is 1. The normalized spacial score (nSPS) is 16.7. The second-order valence-corrected chi connectivity index (χ2v) is 10.1. The Bertz CT molecular complexity index is 1430. The number of hydrogen-bond donors (Lipinski definition) is 1. The third-order valence-electron chi connectivity index (χ3n) is 6.14. The lowest BCUT2D eigenvalue weighted by Gasteiger charge is -2.25. The lowest BCUT2D eigenvalue weighted by Crippen LogP contribution is -2.30. The van der Waals surface area contributed by atoms with E-state index >= 15 is 0 Å². The van der Waals surface area contributed by atoms with E-state index in [9.17, 15) is 19.5 Å². The minimum Gasteiger partial charge on any atom is -0.507 e. The van der Waals surface area contributed by atoms with Crippen molar-refractivity contribution < 1.29 is 29.0 Å². The fourth-order valence-electron chi connectivity index (χ4n) is 4.35. The highest BCUT2D eigenvalue weighted by Gasteiger charge is 2.47. The van der Waals surface area contributed by atoms with Crippen LogP contribution in [-0.2, 0) is 14.3 Å². The average Bonchev–Trinajstić information content (AvgIpc) is 3.17. The van der Waals surface area contributed by atoms with Crippen molar-refractivity contribution in [1.29, 1.82) is 0 Å². The SMILES string of the molecule is Cc1cc(/C(O)=C2\C(=O)C(=O)N(c3cccc(C(=O)OC(C)C)c3)C2c2ccccn2)ccc1OCC(C)C. The molecule has 2 heterocycles. The largest absolute Gasteiger partial charge is 0.507 e. The van der Waals surface area contributed by atoms with Gasteiger partial charge in [0.25, 0.3) is 11.7 Å². The zero-order valence-electron chi connectivity index (χ0n) is 22.7. The number of ketones is 1. The van der Waals surface area contributed by atoms with E-state index in [1.807, 2.05) is 6.92 Å². The summed E-state index contributed by atoms with van der Waals surface area (Å²) in [5.74, 6) is -1.54. The predicted molar refractivity (Wildman–Crippen MR) is 148 cm³/mol. The van der Waals surface area contributed by atoms with Crippen LogP contribution in [0.3, 0.4) is 0 Å². The topological polar surface area (TPSA) is 106 Å². The summed E-state index contributed by atoms with van der Waals surface area (Å²) in [5.41, 5.74) is 1.98. The highest BCUT2D eigenvalue weighted by molar-refractivity contribution is 6.51. The second kappa shape index (κ2) is 11.5. The van der Waals surface area contributed by atoms with E-state index in [0.717, 1.165) is 5.56 Å². The summed E-state index contributed by atoms with van der Waals surface area (Å²) in [5, 5.41) is 11.4. The van der Waals surface area contributed by atoms with Gasteiger partial charge in [-0.2, -0.15) is 0 Å². The number of ether oxygens (including phenoxy) is 2. The number of aliphatic hydroxyl groups is 1. The molecule has 1 atom stereocenters. The number of aromatic nitrogens is 1. The maximum absolute atomic E-state index is 13.4. The average molecular weight is 529 g/mol. The van der Waals surface area contributed by atoms with Crippen LogP contribution in [0.25, 0.3) is 5.76 Å². The van der Waals surface area contributed by atoms with E-state index in [4.69, 9.17) is 9.47 Å². The van der Waals surface area contributed by atoms with E-state index in [1.54, 1.807) is 74.6 Å². The minimum atomic E-state index is -1.01. The standard InChI is InChI=1S/C31H32N2O6/c1-18(2)17-38-25-13-12-21(15-20(25)5)28(34)26-27(24-11-6-7-14-32-24)33(30(36)29(26)35)23-10-8-9-22(16-23)31(37)39-19(3)4/h6-16,18-19,27,34H,17H2,1-5H3/b28-26+. The fourth-order valence-corrected chi connectivity index (χ4v) is 4.35. The minimum absolute atomic E-state index is 0.0934. The molecule has 3 aromatic rings. The number of nitrogens with zero attached hydrogens (tertiary/aromatic N) is 2. The van der Waals surface area contributed by atoms with Crippen LogP contribution in [-0.4, -0.2) is 40.5 Å². The van der Waals surface area contributed by atoms with Gasteiger partial charge >= 0.3 is 5.97 Å². The first kappa shape index (κ1) is 27.6. The van der Waals surface area contributed by atoms with Gasteiger partial charge in [0, 0.05) is 17.4 Å². The monoisotopic (exact) mass is 528 g/mol. The molecule has 8 heteroatoms. The molecule has 0 bridgehead atoms. The number of carbonyl (C=O) groups excluding carboxylic acids is 3. The number of hydrogen-bond acceptors (Lipinski definition) is 7. The molecule has 0 radical (unpaired) electrons. The Balaban J connectivity index is 1.82. The first-order valence-corrected chi connectivity index (χ1v) is 12.8. The zero-order valence-corrected chi connectivity index (χ0v) is 22.7. The number of benzene rings is 2. The summed E-state index contributed by atoms with van der Waals surface area (Å²) in [7, 11) is 0. The smallest absolute Gasteiger partial charge is 0.338 e. The van der Waals surface area contributed by atoms with Crippen molar-refractivity contribution in [3.63, 3.8) is 0 Å². The zero-order chi connectivity index (χ0) is 28.3. The molecule has 1 fully saturated rings. The van der Waals surface area contributed by atoms with Gasteiger partial charge in [0.2, 0.25) is 0 Å². The molecule has 0 spiro atoms. The van der Waals surface area contributed by atoms with Crippen LogP contribution in [0.5, 0.6) is 5.75 Å². The summed E-state index contributed by atoms with van der Waals surface area (Å²) >= 11 is 0. The summed E-state index contributed by atoms with van der Waals surface area (Å²) < 4.78 is 11.1. The van der Waals surface area contributed by atoms with Gasteiger partial charge in [-0.05, 0) is 80.8 Å².